The molecular formula is C19H21BrF3N3O4S. The average molecular weight is 524 g/mol. The van der Waals surface area contributed by atoms with E-state index in [9.17, 15) is 22.8 Å². The Kier molecular flexibility index (Phi) is 8.98. The normalized spacial score (nSPS) is 11.9. The molecule has 0 saturated carbocycles. The van der Waals surface area contributed by atoms with Crippen molar-refractivity contribution in [3.05, 3.63) is 34.9 Å². The van der Waals surface area contributed by atoms with Gasteiger partial charge in [-0.15, -0.1) is 0 Å². The summed E-state index contributed by atoms with van der Waals surface area (Å²) in [7, 11) is 0. The van der Waals surface area contributed by atoms with Gasteiger partial charge in [0.25, 0.3) is 5.91 Å². The van der Waals surface area contributed by atoms with Crippen molar-refractivity contribution in [2.75, 3.05) is 11.9 Å². The summed E-state index contributed by atoms with van der Waals surface area (Å²) in [4.78, 5) is 28.3. The van der Waals surface area contributed by atoms with Gasteiger partial charge in [0.15, 0.2) is 5.13 Å². The van der Waals surface area contributed by atoms with Crippen LogP contribution in [0.3, 0.4) is 0 Å². The molecule has 0 spiro atoms. The molecule has 0 saturated heterocycles. The Morgan fingerprint density at radius 3 is 2.35 bits per heavy atom. The number of unbranched alkanes of at least 4 members (excludes halogenated alkanes) is 3. The first kappa shape index (κ1) is 25.2. The van der Waals surface area contributed by atoms with Gasteiger partial charge in [0.1, 0.15) is 0 Å². The second-order valence-corrected chi connectivity index (χ2v) is 8.62. The Morgan fingerprint density at radius 2 is 1.71 bits per heavy atom. The Balaban J connectivity index is 1.62. The van der Waals surface area contributed by atoms with Gasteiger partial charge in [0.2, 0.25) is 5.91 Å². The van der Waals surface area contributed by atoms with Gasteiger partial charge in [-0.3, -0.25) is 9.59 Å². The maximum absolute atomic E-state index is 12.3. The first-order valence-electron chi connectivity index (χ1n) is 9.32. The largest absolute Gasteiger partial charge is 0.453 e. The molecule has 0 aliphatic rings. The number of alkyl halides is 3. The Hall–Kier alpha value is -2.02. The van der Waals surface area contributed by atoms with Crippen molar-refractivity contribution in [3.8, 4) is 10.4 Å². The summed E-state index contributed by atoms with van der Waals surface area (Å²) >= 11 is 4.73. The molecule has 2 amide bonds. The Morgan fingerprint density at radius 1 is 1.06 bits per heavy atom. The third kappa shape index (κ3) is 7.56. The van der Waals surface area contributed by atoms with E-state index in [0.717, 1.165) is 14.9 Å². The van der Waals surface area contributed by atoms with Crippen molar-refractivity contribution < 1.29 is 33.0 Å². The molecule has 0 fully saturated rings. The number of hydrogen-bond acceptors (Lipinski definition) is 6. The highest BCUT2D eigenvalue weighted by Gasteiger charge is 2.58. The van der Waals surface area contributed by atoms with Gasteiger partial charge < -0.3 is 20.8 Å². The van der Waals surface area contributed by atoms with Crippen molar-refractivity contribution in [1.82, 2.24) is 10.3 Å². The van der Waals surface area contributed by atoms with Crippen LogP contribution in [0.15, 0.2) is 34.9 Å². The molecule has 0 radical (unpaired) electrons. The van der Waals surface area contributed by atoms with Gasteiger partial charge in [0.05, 0.1) is 4.88 Å². The predicted octanol–water partition coefficient (Wildman–Crippen LogP) is 3.82. The third-order valence-corrected chi connectivity index (χ3v) is 5.70. The number of benzene rings is 1. The van der Waals surface area contributed by atoms with E-state index >= 15 is 0 Å². The minimum atomic E-state index is -5.47. The second-order valence-electron chi connectivity index (χ2n) is 6.67. The maximum atomic E-state index is 12.3. The van der Waals surface area contributed by atoms with E-state index in [2.05, 4.69) is 26.2 Å². The fourth-order valence-electron chi connectivity index (χ4n) is 2.48. The minimum Gasteiger partial charge on any atom is -0.351 e. The lowest BCUT2D eigenvalue weighted by molar-refractivity contribution is -0.328. The summed E-state index contributed by atoms with van der Waals surface area (Å²) in [5.74, 6) is -6.51. The number of amides is 2. The van der Waals surface area contributed by atoms with Crippen molar-refractivity contribution in [2.24, 2.45) is 0 Å². The topological polar surface area (TPSA) is 112 Å². The van der Waals surface area contributed by atoms with Gasteiger partial charge in [-0.2, -0.15) is 13.2 Å². The average Bonchev–Trinajstić information content (AvgIpc) is 3.15. The number of carbonyl (C=O) groups is 2. The number of aliphatic hydroxyl groups is 2. The number of thiazole rings is 1. The summed E-state index contributed by atoms with van der Waals surface area (Å²) in [5.41, 5.74) is 0.989. The lowest BCUT2D eigenvalue weighted by Crippen LogP contribution is -2.57. The molecule has 1 heterocycles. The summed E-state index contributed by atoms with van der Waals surface area (Å²) in [6.45, 7) is -0.137. The molecule has 2 aromatic rings. The van der Waals surface area contributed by atoms with E-state index in [1.54, 1.807) is 6.20 Å². The molecule has 0 unspecified atom stereocenters. The fourth-order valence-corrected chi connectivity index (χ4v) is 3.58. The van der Waals surface area contributed by atoms with E-state index in [1.165, 1.54) is 11.3 Å². The highest BCUT2D eigenvalue weighted by Crippen LogP contribution is 2.30. The molecule has 2 rings (SSSR count). The van der Waals surface area contributed by atoms with Gasteiger partial charge >= 0.3 is 12.0 Å². The monoisotopic (exact) mass is 523 g/mol. The van der Waals surface area contributed by atoms with Crippen LogP contribution in [-0.4, -0.2) is 45.5 Å². The van der Waals surface area contributed by atoms with Crippen molar-refractivity contribution in [1.29, 1.82) is 0 Å². The molecule has 170 valence electrons. The zero-order valence-corrected chi connectivity index (χ0v) is 18.6. The summed E-state index contributed by atoms with van der Waals surface area (Å²) in [6.07, 6.45) is -1.47. The van der Waals surface area contributed by atoms with Gasteiger partial charge in [-0.1, -0.05) is 52.2 Å². The minimum absolute atomic E-state index is 0.137. The Labute approximate surface area is 188 Å². The van der Waals surface area contributed by atoms with Crippen LogP contribution >= 0.6 is 27.3 Å². The second kappa shape index (κ2) is 11.0. The molecule has 4 N–H and O–H groups in total. The van der Waals surface area contributed by atoms with Crippen LogP contribution in [0.1, 0.15) is 32.1 Å². The zero-order valence-electron chi connectivity index (χ0n) is 16.2. The van der Waals surface area contributed by atoms with Crippen molar-refractivity contribution in [3.63, 3.8) is 0 Å². The van der Waals surface area contributed by atoms with Gasteiger partial charge in [0, 0.05) is 23.6 Å². The zero-order chi connectivity index (χ0) is 23.1. The van der Waals surface area contributed by atoms with Gasteiger partial charge in [-0.05, 0) is 30.5 Å². The van der Waals surface area contributed by atoms with Crippen LogP contribution in [0.2, 0.25) is 0 Å². The van der Waals surface area contributed by atoms with Crippen molar-refractivity contribution in [2.45, 2.75) is 44.1 Å². The highest BCUT2D eigenvalue weighted by molar-refractivity contribution is 9.10. The van der Waals surface area contributed by atoms with Crippen LogP contribution in [-0.2, 0) is 9.59 Å². The van der Waals surface area contributed by atoms with Gasteiger partial charge in [-0.25, -0.2) is 4.98 Å². The highest BCUT2D eigenvalue weighted by atomic mass is 79.9. The smallest absolute Gasteiger partial charge is 0.351 e. The summed E-state index contributed by atoms with van der Waals surface area (Å²) in [6, 6.07) is 7.71. The van der Waals surface area contributed by atoms with Crippen LogP contribution in [0.4, 0.5) is 18.3 Å². The van der Waals surface area contributed by atoms with Crippen molar-refractivity contribution >= 4 is 44.2 Å². The first-order chi connectivity index (χ1) is 14.5. The standard InChI is InChI=1S/C19H21BrF3N3O4S/c20-13-8-6-12(7-9-13)14-11-25-17(31-14)26-15(27)5-3-1-2-4-10-24-16(28)18(29,30)19(21,22)23/h6-9,11,29-30H,1-5,10H2,(H,24,28)(H,25,26,27). The number of nitrogens with zero attached hydrogens (tertiary/aromatic N) is 1. The molecule has 0 bridgehead atoms. The molecule has 1 aromatic carbocycles. The quantitative estimate of drug-likeness (QED) is 0.279. The Bertz CT molecular complexity index is 888. The van der Waals surface area contributed by atoms with Crippen LogP contribution in [0.5, 0.6) is 0 Å². The number of carbonyl (C=O) groups excluding carboxylic acids is 2. The van der Waals surface area contributed by atoms with E-state index in [0.29, 0.717) is 30.8 Å². The SMILES string of the molecule is O=C(CCCCCCNC(=O)C(O)(O)C(F)(F)F)Nc1ncc(-c2ccc(Br)cc2)s1. The molecule has 0 aliphatic carbocycles. The fraction of sp³-hybridized carbons (Fsp3) is 0.421. The lowest BCUT2D eigenvalue weighted by atomic mass is 10.1. The number of anilines is 1. The molecule has 12 heteroatoms. The number of hydrogen-bond donors (Lipinski definition) is 4. The first-order valence-corrected chi connectivity index (χ1v) is 10.9. The van der Waals surface area contributed by atoms with Crippen LogP contribution in [0, 0.1) is 0 Å². The number of halogens is 4. The third-order valence-electron chi connectivity index (χ3n) is 4.21. The molecular weight excluding hydrogens is 503 g/mol. The molecule has 0 atom stereocenters. The summed E-state index contributed by atoms with van der Waals surface area (Å²) in [5, 5.41) is 22.6. The molecule has 1 aromatic heterocycles. The maximum Gasteiger partial charge on any atom is 0.453 e. The van der Waals surface area contributed by atoms with E-state index in [-0.39, 0.29) is 18.9 Å². The number of rotatable bonds is 10. The van der Waals surface area contributed by atoms with E-state index in [1.807, 2.05) is 29.6 Å². The molecule has 7 nitrogen and oxygen atoms in total. The predicted molar refractivity (Wildman–Crippen MR) is 113 cm³/mol. The molecule has 0 aliphatic heterocycles. The van der Waals surface area contributed by atoms with E-state index < -0.39 is 17.9 Å². The van der Waals surface area contributed by atoms with E-state index in [4.69, 9.17) is 10.2 Å². The van der Waals surface area contributed by atoms with Crippen LogP contribution < -0.4 is 10.6 Å². The number of nitrogens with one attached hydrogen (secondary N) is 2. The number of aromatic nitrogens is 1. The molecule has 31 heavy (non-hydrogen) atoms. The van der Waals surface area contributed by atoms with Crippen LogP contribution in [0.25, 0.3) is 10.4 Å². The lowest BCUT2D eigenvalue weighted by Gasteiger charge is -2.22. The summed E-state index contributed by atoms with van der Waals surface area (Å²) < 4.78 is 37.8.